The molecule has 0 amide bonds. The van der Waals surface area contributed by atoms with E-state index in [1.54, 1.807) is 0 Å². The molecule has 0 spiro atoms. The third-order valence-corrected chi connectivity index (χ3v) is 7.23. The maximum atomic E-state index is 6.46. The number of fused-ring (bicyclic) bond motifs is 2. The molecule has 0 radical (unpaired) electrons. The number of nitrogens with zero attached hydrogens (tertiary/aromatic N) is 2. The van der Waals surface area contributed by atoms with E-state index in [0.717, 1.165) is 24.5 Å². The fraction of sp³-hybridized carbons (Fsp3) is 1.00. The lowest BCUT2D eigenvalue weighted by molar-refractivity contribution is -0.0474. The molecular formula is C18H33N3. The molecule has 4 unspecified atom stereocenters. The summed E-state index contributed by atoms with van der Waals surface area (Å²) in [7, 11) is 0. The molecule has 3 heterocycles. The van der Waals surface area contributed by atoms with Crippen molar-refractivity contribution in [2.75, 3.05) is 26.2 Å². The Hall–Kier alpha value is -0.120. The van der Waals surface area contributed by atoms with E-state index in [9.17, 15) is 0 Å². The van der Waals surface area contributed by atoms with E-state index in [-0.39, 0.29) is 0 Å². The summed E-state index contributed by atoms with van der Waals surface area (Å²) in [5.41, 5.74) is 6.78. The van der Waals surface area contributed by atoms with Gasteiger partial charge in [0, 0.05) is 25.2 Å². The van der Waals surface area contributed by atoms with Crippen molar-refractivity contribution in [3.63, 3.8) is 0 Å². The molecular weight excluding hydrogens is 258 g/mol. The molecule has 120 valence electrons. The summed E-state index contributed by atoms with van der Waals surface area (Å²) < 4.78 is 0. The van der Waals surface area contributed by atoms with Crippen molar-refractivity contribution >= 4 is 0 Å². The number of rotatable bonds is 2. The smallest absolute Gasteiger partial charge is 0.0501 e. The van der Waals surface area contributed by atoms with Crippen LogP contribution in [-0.4, -0.2) is 53.6 Å². The fourth-order valence-electron chi connectivity index (χ4n) is 6.24. The minimum Gasteiger partial charge on any atom is -0.329 e. The average Bonchev–Trinajstić information content (AvgIpc) is 2.94. The van der Waals surface area contributed by atoms with Gasteiger partial charge in [0.05, 0.1) is 5.54 Å². The molecule has 2 N–H and O–H groups in total. The van der Waals surface area contributed by atoms with Gasteiger partial charge >= 0.3 is 0 Å². The molecule has 3 aliphatic heterocycles. The summed E-state index contributed by atoms with van der Waals surface area (Å²) in [4.78, 5) is 5.74. The SMILES string of the molecule is NCC1(N2CCCC3CCCCC32)CCN2CCCCC21. The van der Waals surface area contributed by atoms with Crippen LogP contribution in [0.15, 0.2) is 0 Å². The Morgan fingerprint density at radius 1 is 0.857 bits per heavy atom. The largest absolute Gasteiger partial charge is 0.329 e. The Kier molecular flexibility index (Phi) is 4.01. The first-order valence-corrected chi connectivity index (χ1v) is 9.56. The van der Waals surface area contributed by atoms with Crippen molar-refractivity contribution in [2.45, 2.75) is 81.8 Å². The molecule has 0 aromatic heterocycles. The van der Waals surface area contributed by atoms with E-state index in [1.165, 1.54) is 83.8 Å². The Bertz CT molecular complexity index is 369. The molecule has 0 aromatic rings. The maximum absolute atomic E-state index is 6.46. The number of hydrogen-bond acceptors (Lipinski definition) is 3. The fourth-order valence-corrected chi connectivity index (χ4v) is 6.24. The van der Waals surface area contributed by atoms with Gasteiger partial charge in [-0.1, -0.05) is 19.3 Å². The molecule has 4 fully saturated rings. The van der Waals surface area contributed by atoms with E-state index in [2.05, 4.69) is 9.80 Å². The Labute approximate surface area is 130 Å². The summed E-state index contributed by atoms with van der Waals surface area (Å²) in [5, 5.41) is 0. The van der Waals surface area contributed by atoms with E-state index in [1.807, 2.05) is 0 Å². The molecule has 1 aliphatic carbocycles. The van der Waals surface area contributed by atoms with Crippen LogP contribution < -0.4 is 5.73 Å². The highest BCUT2D eigenvalue weighted by molar-refractivity contribution is 5.11. The summed E-state index contributed by atoms with van der Waals surface area (Å²) in [6.45, 7) is 4.84. The molecule has 0 bridgehead atoms. The quantitative estimate of drug-likeness (QED) is 0.849. The standard InChI is InChI=1S/C18H33N3/c19-14-18(10-13-20-11-4-3-9-17(18)20)21-12-5-7-15-6-1-2-8-16(15)21/h15-17H,1-14,19H2. The minimum atomic E-state index is 0.321. The second-order valence-corrected chi connectivity index (χ2v) is 8.05. The van der Waals surface area contributed by atoms with Crippen LogP contribution in [0.25, 0.3) is 0 Å². The van der Waals surface area contributed by atoms with E-state index in [0.29, 0.717) is 5.54 Å². The van der Waals surface area contributed by atoms with Crippen molar-refractivity contribution in [3.05, 3.63) is 0 Å². The molecule has 4 atom stereocenters. The normalized spacial score (nSPS) is 45.3. The minimum absolute atomic E-state index is 0.321. The number of likely N-dealkylation sites (tertiary alicyclic amines) is 1. The lowest BCUT2D eigenvalue weighted by atomic mass is 9.73. The first kappa shape index (κ1) is 14.5. The van der Waals surface area contributed by atoms with Crippen LogP contribution >= 0.6 is 0 Å². The van der Waals surface area contributed by atoms with Gasteiger partial charge in [0.2, 0.25) is 0 Å². The Morgan fingerprint density at radius 2 is 1.67 bits per heavy atom. The second-order valence-electron chi connectivity index (χ2n) is 8.05. The van der Waals surface area contributed by atoms with Gasteiger partial charge in [-0.2, -0.15) is 0 Å². The van der Waals surface area contributed by atoms with Gasteiger partial charge in [0.15, 0.2) is 0 Å². The average molecular weight is 291 g/mol. The van der Waals surface area contributed by atoms with Gasteiger partial charge in [0.25, 0.3) is 0 Å². The second kappa shape index (κ2) is 5.82. The molecule has 3 heteroatoms. The summed E-state index contributed by atoms with van der Waals surface area (Å²) in [6, 6.07) is 1.62. The van der Waals surface area contributed by atoms with E-state index >= 15 is 0 Å². The maximum Gasteiger partial charge on any atom is 0.0501 e. The van der Waals surface area contributed by atoms with Crippen molar-refractivity contribution in [1.29, 1.82) is 0 Å². The van der Waals surface area contributed by atoms with Crippen LogP contribution in [0.2, 0.25) is 0 Å². The summed E-state index contributed by atoms with van der Waals surface area (Å²) >= 11 is 0. The van der Waals surface area contributed by atoms with Crippen LogP contribution in [0.4, 0.5) is 0 Å². The third kappa shape index (κ3) is 2.27. The number of nitrogens with two attached hydrogens (primary N) is 1. The van der Waals surface area contributed by atoms with E-state index in [4.69, 9.17) is 5.73 Å². The third-order valence-electron chi connectivity index (χ3n) is 7.23. The highest BCUT2D eigenvalue weighted by Gasteiger charge is 2.53. The molecule has 21 heavy (non-hydrogen) atoms. The van der Waals surface area contributed by atoms with Crippen molar-refractivity contribution in [1.82, 2.24) is 9.80 Å². The number of piperidine rings is 2. The van der Waals surface area contributed by atoms with Crippen LogP contribution in [0.1, 0.15) is 64.2 Å². The van der Waals surface area contributed by atoms with Gasteiger partial charge in [-0.25, -0.2) is 0 Å². The molecule has 4 rings (SSSR count). The molecule has 1 saturated carbocycles. The van der Waals surface area contributed by atoms with Crippen molar-refractivity contribution < 1.29 is 0 Å². The zero-order valence-corrected chi connectivity index (χ0v) is 13.6. The predicted molar refractivity (Wildman–Crippen MR) is 87.3 cm³/mol. The highest BCUT2D eigenvalue weighted by atomic mass is 15.3. The van der Waals surface area contributed by atoms with Gasteiger partial charge in [-0.15, -0.1) is 0 Å². The topological polar surface area (TPSA) is 32.5 Å². The lowest BCUT2D eigenvalue weighted by Crippen LogP contribution is -2.67. The van der Waals surface area contributed by atoms with Gasteiger partial charge < -0.3 is 5.73 Å². The highest BCUT2D eigenvalue weighted by Crippen LogP contribution is 2.45. The van der Waals surface area contributed by atoms with Gasteiger partial charge in [-0.3, -0.25) is 9.80 Å². The molecule has 3 saturated heterocycles. The van der Waals surface area contributed by atoms with Crippen LogP contribution in [0.3, 0.4) is 0 Å². The molecule has 4 aliphatic rings. The monoisotopic (exact) mass is 291 g/mol. The van der Waals surface area contributed by atoms with Crippen LogP contribution in [-0.2, 0) is 0 Å². The zero-order chi connectivity index (χ0) is 14.3. The van der Waals surface area contributed by atoms with Crippen LogP contribution in [0.5, 0.6) is 0 Å². The first-order chi connectivity index (χ1) is 10.3. The Balaban J connectivity index is 1.62. The van der Waals surface area contributed by atoms with Gasteiger partial charge in [0.1, 0.15) is 0 Å². The van der Waals surface area contributed by atoms with Crippen LogP contribution in [0, 0.1) is 5.92 Å². The molecule has 0 aromatic carbocycles. The van der Waals surface area contributed by atoms with Crippen molar-refractivity contribution in [2.24, 2.45) is 11.7 Å². The summed E-state index contributed by atoms with van der Waals surface area (Å²) in [5.74, 6) is 0.980. The lowest BCUT2D eigenvalue weighted by Gasteiger charge is -2.55. The number of hydrogen-bond donors (Lipinski definition) is 1. The zero-order valence-electron chi connectivity index (χ0n) is 13.6. The summed E-state index contributed by atoms with van der Waals surface area (Å²) in [6.07, 6.45) is 14.3. The Morgan fingerprint density at radius 3 is 2.57 bits per heavy atom. The van der Waals surface area contributed by atoms with E-state index < -0.39 is 0 Å². The first-order valence-electron chi connectivity index (χ1n) is 9.56. The molecule has 3 nitrogen and oxygen atoms in total. The van der Waals surface area contributed by atoms with Gasteiger partial charge in [-0.05, 0) is 64.0 Å². The predicted octanol–water partition coefficient (Wildman–Crippen LogP) is 2.60. The van der Waals surface area contributed by atoms with Crippen molar-refractivity contribution in [3.8, 4) is 0 Å².